The van der Waals surface area contributed by atoms with Crippen molar-refractivity contribution in [3.05, 3.63) is 84.0 Å². The Kier molecular flexibility index (Phi) is 5.52. The van der Waals surface area contributed by atoms with Crippen molar-refractivity contribution in [1.82, 2.24) is 9.78 Å². The average molecular weight is 431 g/mol. The van der Waals surface area contributed by atoms with Crippen LogP contribution in [0.1, 0.15) is 9.67 Å². The Labute approximate surface area is 184 Å². The first kappa shape index (κ1) is 19.5. The lowest BCUT2D eigenvalue weighted by atomic mass is 10.1. The molecule has 0 unspecified atom stereocenters. The second-order valence-corrected chi connectivity index (χ2v) is 8.25. The third-order valence-electron chi connectivity index (χ3n) is 5.22. The molecule has 156 valence electrons. The van der Waals surface area contributed by atoms with Crippen LogP contribution in [0.25, 0.3) is 16.8 Å². The molecule has 0 radical (unpaired) electrons. The van der Waals surface area contributed by atoms with Gasteiger partial charge in [0.1, 0.15) is 0 Å². The number of morpholine rings is 1. The number of thiophene rings is 1. The van der Waals surface area contributed by atoms with E-state index in [1.54, 1.807) is 10.9 Å². The third-order valence-corrected chi connectivity index (χ3v) is 6.42. The first-order valence-electron chi connectivity index (χ1n) is 10.2. The Balaban J connectivity index is 1.48. The van der Waals surface area contributed by atoms with Gasteiger partial charge in [-0.05, 0) is 29.8 Å². The molecular weight excluding hydrogens is 408 g/mol. The van der Waals surface area contributed by atoms with Crippen LogP contribution in [-0.4, -0.2) is 42.0 Å². The molecule has 3 heterocycles. The van der Waals surface area contributed by atoms with Crippen molar-refractivity contribution in [3.63, 3.8) is 0 Å². The molecule has 1 saturated heterocycles. The highest BCUT2D eigenvalue weighted by Gasteiger charge is 2.22. The smallest absolute Gasteiger partial charge is 0.265 e. The monoisotopic (exact) mass is 430 g/mol. The lowest BCUT2D eigenvalue weighted by Gasteiger charge is -2.28. The van der Waals surface area contributed by atoms with Crippen molar-refractivity contribution < 1.29 is 9.53 Å². The maximum absolute atomic E-state index is 13.2. The topological polar surface area (TPSA) is 59.4 Å². The number of carbonyl (C=O) groups excluding carboxylic acids is 1. The summed E-state index contributed by atoms with van der Waals surface area (Å²) in [7, 11) is 0. The number of hydrogen-bond donors (Lipinski definition) is 1. The number of amides is 1. The average Bonchev–Trinajstić information content (AvgIpc) is 3.51. The van der Waals surface area contributed by atoms with Crippen LogP contribution in [-0.2, 0) is 4.74 Å². The quantitative estimate of drug-likeness (QED) is 0.499. The number of para-hydroxylation sites is 2. The molecule has 0 atom stereocenters. The summed E-state index contributed by atoms with van der Waals surface area (Å²) < 4.78 is 7.27. The highest BCUT2D eigenvalue weighted by molar-refractivity contribution is 7.18. The van der Waals surface area contributed by atoms with E-state index >= 15 is 0 Å². The van der Waals surface area contributed by atoms with E-state index in [0.29, 0.717) is 18.1 Å². The van der Waals surface area contributed by atoms with Gasteiger partial charge in [-0.15, -0.1) is 11.3 Å². The van der Waals surface area contributed by atoms with Gasteiger partial charge in [0, 0.05) is 31.0 Å². The minimum atomic E-state index is -0.124. The lowest BCUT2D eigenvalue weighted by molar-refractivity contribution is 0.103. The molecule has 4 aromatic rings. The van der Waals surface area contributed by atoms with Gasteiger partial charge in [-0.2, -0.15) is 5.10 Å². The molecule has 6 nitrogen and oxygen atoms in total. The minimum Gasteiger partial charge on any atom is -0.378 e. The van der Waals surface area contributed by atoms with Crippen LogP contribution >= 0.6 is 11.3 Å². The lowest BCUT2D eigenvalue weighted by Crippen LogP contribution is -2.35. The predicted octanol–water partition coefficient (Wildman–Crippen LogP) is 4.69. The summed E-state index contributed by atoms with van der Waals surface area (Å²) in [5.74, 6) is -0.124. The summed E-state index contributed by atoms with van der Waals surface area (Å²) in [5.41, 5.74) is 3.74. The number of anilines is 2. The minimum absolute atomic E-state index is 0.124. The highest BCUT2D eigenvalue weighted by atomic mass is 32.1. The van der Waals surface area contributed by atoms with Crippen molar-refractivity contribution in [2.75, 3.05) is 36.5 Å². The van der Waals surface area contributed by atoms with Crippen molar-refractivity contribution in [2.45, 2.75) is 0 Å². The largest absolute Gasteiger partial charge is 0.378 e. The van der Waals surface area contributed by atoms with Crippen LogP contribution < -0.4 is 10.2 Å². The molecule has 2 aromatic heterocycles. The normalized spacial score (nSPS) is 13.9. The molecule has 1 amide bonds. The van der Waals surface area contributed by atoms with Gasteiger partial charge >= 0.3 is 0 Å². The van der Waals surface area contributed by atoms with Crippen LogP contribution in [0.15, 0.2) is 79.1 Å². The molecule has 0 bridgehead atoms. The van der Waals surface area contributed by atoms with Crippen LogP contribution in [0, 0.1) is 0 Å². The van der Waals surface area contributed by atoms with Gasteiger partial charge in [0.05, 0.1) is 34.5 Å². The second kappa shape index (κ2) is 8.75. The van der Waals surface area contributed by atoms with Gasteiger partial charge in [0.15, 0.2) is 0 Å². The molecule has 0 aliphatic carbocycles. The predicted molar refractivity (Wildman–Crippen MR) is 124 cm³/mol. The third kappa shape index (κ3) is 4.10. The van der Waals surface area contributed by atoms with Crippen molar-refractivity contribution in [1.29, 1.82) is 0 Å². The molecule has 0 spiro atoms. The van der Waals surface area contributed by atoms with Gasteiger partial charge < -0.3 is 15.0 Å². The molecule has 1 aliphatic heterocycles. The Morgan fingerprint density at radius 3 is 2.55 bits per heavy atom. The van der Waals surface area contributed by atoms with Crippen LogP contribution in [0.3, 0.4) is 0 Å². The molecule has 31 heavy (non-hydrogen) atoms. The molecule has 2 aromatic carbocycles. The number of nitrogens with zero attached hydrogens (tertiary/aromatic N) is 3. The molecule has 0 saturated carbocycles. The number of aromatic nitrogens is 2. The molecule has 1 fully saturated rings. The van der Waals surface area contributed by atoms with Gasteiger partial charge in [0.25, 0.3) is 5.91 Å². The van der Waals surface area contributed by atoms with Gasteiger partial charge in [-0.1, -0.05) is 42.5 Å². The van der Waals surface area contributed by atoms with E-state index in [1.807, 2.05) is 60.8 Å². The molecule has 1 aliphatic rings. The first-order chi connectivity index (χ1) is 15.3. The molecular formula is C24H22N4O2S. The van der Waals surface area contributed by atoms with E-state index in [1.165, 1.54) is 11.3 Å². The maximum atomic E-state index is 13.2. The Bertz CT molecular complexity index is 1170. The van der Waals surface area contributed by atoms with E-state index in [4.69, 9.17) is 4.74 Å². The fourth-order valence-electron chi connectivity index (χ4n) is 3.69. The zero-order valence-corrected chi connectivity index (χ0v) is 17.7. The maximum Gasteiger partial charge on any atom is 0.265 e. The fourth-order valence-corrected chi connectivity index (χ4v) is 4.82. The zero-order chi connectivity index (χ0) is 21.0. The van der Waals surface area contributed by atoms with Crippen LogP contribution in [0.4, 0.5) is 10.7 Å². The second-order valence-electron chi connectivity index (χ2n) is 7.22. The Morgan fingerprint density at radius 1 is 1.00 bits per heavy atom. The van der Waals surface area contributed by atoms with Gasteiger partial charge in [0.2, 0.25) is 0 Å². The van der Waals surface area contributed by atoms with Crippen LogP contribution in [0.2, 0.25) is 0 Å². The number of hydrogen-bond acceptors (Lipinski definition) is 5. The van der Waals surface area contributed by atoms with Crippen molar-refractivity contribution in [3.8, 4) is 16.8 Å². The van der Waals surface area contributed by atoms with Gasteiger partial charge in [-0.3, -0.25) is 4.79 Å². The van der Waals surface area contributed by atoms with E-state index in [2.05, 4.69) is 27.4 Å². The van der Waals surface area contributed by atoms with E-state index in [9.17, 15) is 4.79 Å². The summed E-state index contributed by atoms with van der Waals surface area (Å²) in [6, 6.07) is 21.7. The summed E-state index contributed by atoms with van der Waals surface area (Å²) in [6.07, 6.45) is 3.58. The summed E-state index contributed by atoms with van der Waals surface area (Å²) in [4.78, 5) is 16.2. The van der Waals surface area contributed by atoms with E-state index < -0.39 is 0 Å². The van der Waals surface area contributed by atoms with Crippen molar-refractivity contribution >= 4 is 27.9 Å². The van der Waals surface area contributed by atoms with E-state index in [0.717, 1.165) is 40.6 Å². The Morgan fingerprint density at radius 2 is 1.77 bits per heavy atom. The number of carbonyl (C=O) groups is 1. The van der Waals surface area contributed by atoms with Crippen molar-refractivity contribution in [2.24, 2.45) is 0 Å². The number of nitrogens with one attached hydrogen (secondary N) is 1. The molecule has 7 heteroatoms. The SMILES string of the molecule is O=C(Nc1ccccc1-n1cccn1)c1cc(-c2ccccc2)c(N2CCOCC2)s1. The molecule has 5 rings (SSSR count). The zero-order valence-electron chi connectivity index (χ0n) is 16.9. The first-order valence-corrected chi connectivity index (χ1v) is 11.0. The molecule has 1 N–H and O–H groups in total. The fraction of sp³-hybridized carbons (Fsp3) is 0.167. The number of rotatable bonds is 5. The number of benzene rings is 2. The van der Waals surface area contributed by atoms with Gasteiger partial charge in [-0.25, -0.2) is 4.68 Å². The summed E-state index contributed by atoms with van der Waals surface area (Å²) in [5, 5.41) is 8.48. The summed E-state index contributed by atoms with van der Waals surface area (Å²) in [6.45, 7) is 3.04. The van der Waals surface area contributed by atoms with Crippen LogP contribution in [0.5, 0.6) is 0 Å². The summed E-state index contributed by atoms with van der Waals surface area (Å²) >= 11 is 1.53. The Hall–Kier alpha value is -3.42. The highest BCUT2D eigenvalue weighted by Crippen LogP contribution is 2.39. The number of ether oxygens (including phenoxy) is 1. The standard InChI is InChI=1S/C24H22N4O2S/c29-23(26-20-9-4-5-10-21(20)28-12-6-11-25-28)22-17-19(18-7-2-1-3-8-18)24(31-22)27-13-15-30-16-14-27/h1-12,17H,13-16H2,(H,26,29). The van der Waals surface area contributed by atoms with E-state index in [-0.39, 0.29) is 5.91 Å².